The Balaban J connectivity index is 4.71. The third-order valence-corrected chi connectivity index (χ3v) is 17.5. The Kier molecular flexibility index (Phi) is 72.3. The molecule has 0 amide bonds. The van der Waals surface area contributed by atoms with Crippen LogP contribution in [0.1, 0.15) is 278 Å². The zero-order chi connectivity index (χ0) is 75.2. The summed E-state index contributed by atoms with van der Waals surface area (Å²) in [7, 11) is -9.83. The van der Waals surface area contributed by atoms with E-state index in [1.54, 1.807) is 0 Å². The molecule has 103 heavy (non-hydrogen) atoms. The first-order valence-corrected chi connectivity index (χ1v) is 42.1. The van der Waals surface area contributed by atoms with Crippen molar-refractivity contribution < 1.29 is 75.8 Å². The van der Waals surface area contributed by atoms with E-state index in [4.69, 9.17) is 32.3 Å². The number of aliphatic hydroxyl groups excluding tert-OH is 2. The standard InChI is InChI=1S/C85H138O16P2/c1-4-7-10-13-16-19-22-25-28-31-34-36-37-38-39-40-41-43-46-47-50-53-56-59-62-65-68-71-83(88)95-74-80(86)75-97-102(91,92)98-76-81(87)77-99-103(93,94)100-79-82(101-85(90)73-70-67-64-61-58-55-52-49-44-33-30-27-24-21-18-15-12-9-6-3)78-96-84(89)72-69-66-63-60-57-54-51-48-45-42-35-32-29-26-23-20-17-14-11-8-5-2/h7-8,10-11,16-21,25-30,34-36,38-39,41-44,48-49,51,57,60,80-82,86-87H,4-6,9,12-15,22-24,31-33,37,40,45-47,50,52-56,58-59,61-79H2,1-3H3,(H,91,92)(H,93,94)/b10-7-,11-8-,19-16-,20-17-,21-18-,28-25-,29-26-,30-27-,36-34-,39-38-,42-35-,43-41-,49-44-,51-48-,60-57-. The molecule has 0 heterocycles. The highest BCUT2D eigenvalue weighted by Gasteiger charge is 2.29. The second-order valence-corrected chi connectivity index (χ2v) is 28.3. The summed E-state index contributed by atoms with van der Waals surface area (Å²) in [6, 6.07) is 0. The first kappa shape index (κ1) is 97.7. The van der Waals surface area contributed by atoms with Crippen LogP contribution >= 0.6 is 15.6 Å². The van der Waals surface area contributed by atoms with Crippen molar-refractivity contribution in [2.24, 2.45) is 0 Å². The summed E-state index contributed by atoms with van der Waals surface area (Å²) in [4.78, 5) is 58.7. The van der Waals surface area contributed by atoms with E-state index in [-0.39, 0.29) is 19.3 Å². The van der Waals surface area contributed by atoms with Gasteiger partial charge in [-0.3, -0.25) is 32.5 Å². The van der Waals surface area contributed by atoms with Crippen molar-refractivity contribution in [3.63, 3.8) is 0 Å². The number of hydrogen-bond donors (Lipinski definition) is 4. The van der Waals surface area contributed by atoms with Crippen molar-refractivity contribution in [1.82, 2.24) is 0 Å². The average molecular weight is 1480 g/mol. The van der Waals surface area contributed by atoms with Gasteiger partial charge in [-0.2, -0.15) is 0 Å². The number of phosphoric ester groups is 2. The number of ether oxygens (including phenoxy) is 3. The van der Waals surface area contributed by atoms with Crippen LogP contribution in [0, 0.1) is 0 Å². The molecule has 0 aromatic rings. The number of aliphatic hydroxyl groups is 2. The number of carbonyl (C=O) groups excluding carboxylic acids is 3. The summed E-state index contributed by atoms with van der Waals surface area (Å²) in [6.45, 7) is 2.33. The van der Waals surface area contributed by atoms with E-state index in [9.17, 15) is 43.5 Å². The SMILES string of the molecule is CC/C=C\C/C=C\C/C=C\C/C=C\C/C=C\C/C=C\CCCCCCCCCCC(=O)OCC(O)COP(=O)(O)OCC(O)COP(=O)(O)OCC(COC(=O)CCCC/C=C\C/C=C\C/C=C\C/C=C\C/C=C\C/C=C\CC)OC(=O)CCCCCCCC/C=C\C/C=C\C/C=C\CCCCC. The molecule has 0 aromatic carbocycles. The number of rotatable bonds is 72. The van der Waals surface area contributed by atoms with Crippen LogP contribution in [0.25, 0.3) is 0 Å². The second-order valence-electron chi connectivity index (χ2n) is 25.4. The van der Waals surface area contributed by atoms with Crippen molar-refractivity contribution in [2.45, 2.75) is 296 Å². The minimum Gasteiger partial charge on any atom is -0.463 e. The summed E-state index contributed by atoms with van der Waals surface area (Å²) in [5.74, 6) is -1.66. The number of hydrogen-bond acceptors (Lipinski definition) is 14. The van der Waals surface area contributed by atoms with Crippen molar-refractivity contribution in [3.8, 4) is 0 Å². The first-order chi connectivity index (χ1) is 50.2. The summed E-state index contributed by atoms with van der Waals surface area (Å²) < 4.78 is 61.1. The van der Waals surface area contributed by atoms with Gasteiger partial charge in [0.2, 0.25) is 0 Å². The fourth-order valence-corrected chi connectivity index (χ4v) is 11.3. The molecule has 18 heteroatoms. The molecule has 0 bridgehead atoms. The van der Waals surface area contributed by atoms with Crippen molar-refractivity contribution >= 4 is 33.6 Å². The van der Waals surface area contributed by atoms with Gasteiger partial charge in [-0.1, -0.05) is 280 Å². The van der Waals surface area contributed by atoms with Gasteiger partial charge >= 0.3 is 33.6 Å². The third-order valence-electron chi connectivity index (χ3n) is 15.6. The Labute approximate surface area is 624 Å². The molecule has 5 unspecified atom stereocenters. The molecule has 0 fully saturated rings. The Morgan fingerprint density at radius 1 is 0.282 bits per heavy atom. The summed E-state index contributed by atoms with van der Waals surface area (Å²) >= 11 is 0. The Bertz CT molecular complexity index is 2600. The van der Waals surface area contributed by atoms with E-state index in [1.807, 2.05) is 0 Å². The van der Waals surface area contributed by atoms with Gasteiger partial charge in [-0.25, -0.2) is 9.13 Å². The summed E-state index contributed by atoms with van der Waals surface area (Å²) in [5.41, 5.74) is 0. The van der Waals surface area contributed by atoms with Gasteiger partial charge in [0.1, 0.15) is 25.4 Å². The Morgan fingerprint density at radius 2 is 0.515 bits per heavy atom. The van der Waals surface area contributed by atoms with Crippen LogP contribution in [0.5, 0.6) is 0 Å². The monoisotopic (exact) mass is 1480 g/mol. The minimum atomic E-state index is -4.95. The van der Waals surface area contributed by atoms with Gasteiger partial charge in [0.05, 0.1) is 26.4 Å². The van der Waals surface area contributed by atoms with E-state index < -0.39 is 91.5 Å². The number of allylic oxidation sites excluding steroid dienone is 30. The van der Waals surface area contributed by atoms with E-state index >= 15 is 0 Å². The van der Waals surface area contributed by atoms with Crippen molar-refractivity contribution in [2.75, 3.05) is 39.6 Å². The van der Waals surface area contributed by atoms with Crippen LogP contribution in [0.4, 0.5) is 0 Å². The van der Waals surface area contributed by atoms with E-state index in [0.29, 0.717) is 19.3 Å². The van der Waals surface area contributed by atoms with Crippen LogP contribution in [0.15, 0.2) is 182 Å². The zero-order valence-electron chi connectivity index (χ0n) is 63.7. The topological polar surface area (TPSA) is 231 Å². The van der Waals surface area contributed by atoms with E-state index in [0.717, 1.165) is 180 Å². The molecule has 0 saturated carbocycles. The van der Waals surface area contributed by atoms with E-state index in [2.05, 4.69) is 203 Å². The average Bonchev–Trinajstić information content (AvgIpc) is 0.923. The molecule has 584 valence electrons. The third kappa shape index (κ3) is 77.6. The number of carbonyl (C=O) groups is 3. The molecule has 4 N–H and O–H groups in total. The molecule has 16 nitrogen and oxygen atoms in total. The predicted octanol–water partition coefficient (Wildman–Crippen LogP) is 23.0. The van der Waals surface area contributed by atoms with Gasteiger partial charge < -0.3 is 34.2 Å². The number of esters is 3. The van der Waals surface area contributed by atoms with Crippen molar-refractivity contribution in [3.05, 3.63) is 182 Å². The van der Waals surface area contributed by atoms with Gasteiger partial charge in [-0.05, 0) is 161 Å². The highest BCUT2D eigenvalue weighted by Crippen LogP contribution is 2.45. The minimum absolute atomic E-state index is 0.0730. The van der Waals surface area contributed by atoms with Crippen LogP contribution in [0.2, 0.25) is 0 Å². The lowest BCUT2D eigenvalue weighted by molar-refractivity contribution is -0.161. The van der Waals surface area contributed by atoms with Gasteiger partial charge in [0.15, 0.2) is 6.10 Å². The molecule has 5 atom stereocenters. The molecule has 0 aromatic heterocycles. The van der Waals surface area contributed by atoms with Crippen molar-refractivity contribution in [1.29, 1.82) is 0 Å². The summed E-state index contributed by atoms with van der Waals surface area (Å²) in [6.07, 6.45) is 97.8. The molecule has 0 aliphatic heterocycles. The number of unbranched alkanes of at least 4 members (excludes halogenated alkanes) is 19. The lowest BCUT2D eigenvalue weighted by atomic mass is 10.1. The smallest absolute Gasteiger partial charge is 0.463 e. The zero-order valence-corrected chi connectivity index (χ0v) is 65.5. The lowest BCUT2D eigenvalue weighted by Gasteiger charge is -2.21. The molecule has 0 rings (SSSR count). The fourth-order valence-electron chi connectivity index (χ4n) is 9.70. The second kappa shape index (κ2) is 76.3. The normalized spacial score (nSPS) is 15.0. The van der Waals surface area contributed by atoms with Crippen LogP contribution in [-0.4, -0.2) is 95.9 Å². The van der Waals surface area contributed by atoms with E-state index in [1.165, 1.54) is 38.5 Å². The maximum atomic E-state index is 13.0. The molecule has 0 aliphatic carbocycles. The molecule has 0 spiro atoms. The maximum Gasteiger partial charge on any atom is 0.472 e. The molecular weight excluding hydrogens is 1340 g/mol. The molecular formula is C85H138O16P2. The Morgan fingerprint density at radius 3 is 0.835 bits per heavy atom. The highest BCUT2D eigenvalue weighted by atomic mass is 31.2. The highest BCUT2D eigenvalue weighted by molar-refractivity contribution is 7.47. The van der Waals surface area contributed by atoms with Crippen LogP contribution in [0.3, 0.4) is 0 Å². The molecule has 0 aliphatic rings. The fraction of sp³-hybridized carbons (Fsp3) is 0.612. The summed E-state index contributed by atoms with van der Waals surface area (Å²) in [5, 5.41) is 20.6. The maximum absolute atomic E-state index is 13.0. The number of phosphoric acid groups is 2. The van der Waals surface area contributed by atoms with Crippen LogP contribution < -0.4 is 0 Å². The first-order valence-electron chi connectivity index (χ1n) is 39.1. The van der Waals surface area contributed by atoms with Crippen LogP contribution in [-0.2, 0) is 55.8 Å². The van der Waals surface area contributed by atoms with Gasteiger partial charge in [0, 0.05) is 19.3 Å². The lowest BCUT2D eigenvalue weighted by Crippen LogP contribution is -2.30. The van der Waals surface area contributed by atoms with Gasteiger partial charge in [0.25, 0.3) is 0 Å². The molecule has 0 saturated heterocycles. The Hall–Kier alpha value is -5.35. The predicted molar refractivity (Wildman–Crippen MR) is 426 cm³/mol. The quantitative estimate of drug-likeness (QED) is 0.0146. The largest absolute Gasteiger partial charge is 0.472 e. The van der Waals surface area contributed by atoms with Gasteiger partial charge in [-0.15, -0.1) is 0 Å². The molecule has 0 radical (unpaired) electrons.